The average molecular weight is 204 g/mol. The molecule has 0 fully saturated rings. The minimum absolute atomic E-state index is 0.814. The van der Waals surface area contributed by atoms with Crippen molar-refractivity contribution in [1.29, 1.82) is 0 Å². The Morgan fingerprint density at radius 2 is 2.21 bits per heavy atom. The standard InChI is InChI=1S/C12H12OS/c1-2-3-9-4-5-12-10(6-9)7-11(8-13)14-12/h4-8H,2-3H2,1H3. The van der Waals surface area contributed by atoms with Gasteiger partial charge in [0.05, 0.1) is 4.88 Å². The Hall–Kier alpha value is -1.15. The first-order chi connectivity index (χ1) is 6.83. The molecule has 0 amide bonds. The largest absolute Gasteiger partial charge is 0.297 e. The van der Waals surface area contributed by atoms with Gasteiger partial charge in [-0.15, -0.1) is 11.3 Å². The summed E-state index contributed by atoms with van der Waals surface area (Å²) < 4.78 is 1.20. The number of aryl methyl sites for hydroxylation is 1. The fourth-order valence-electron chi connectivity index (χ4n) is 1.62. The summed E-state index contributed by atoms with van der Waals surface area (Å²) in [6, 6.07) is 8.41. The van der Waals surface area contributed by atoms with Gasteiger partial charge in [0, 0.05) is 4.70 Å². The molecule has 0 atom stereocenters. The molecule has 1 aromatic heterocycles. The van der Waals surface area contributed by atoms with Crippen LogP contribution in [0, 0.1) is 0 Å². The summed E-state index contributed by atoms with van der Waals surface area (Å²) in [5.74, 6) is 0. The zero-order valence-corrected chi connectivity index (χ0v) is 8.93. The van der Waals surface area contributed by atoms with Gasteiger partial charge < -0.3 is 0 Å². The van der Waals surface area contributed by atoms with Gasteiger partial charge in [-0.05, 0) is 29.5 Å². The van der Waals surface area contributed by atoms with Gasteiger partial charge in [-0.25, -0.2) is 0 Å². The Morgan fingerprint density at radius 1 is 1.36 bits per heavy atom. The molecule has 0 spiro atoms. The first-order valence-corrected chi connectivity index (χ1v) is 5.63. The van der Waals surface area contributed by atoms with Gasteiger partial charge in [-0.2, -0.15) is 0 Å². The van der Waals surface area contributed by atoms with Crippen molar-refractivity contribution in [2.75, 3.05) is 0 Å². The number of benzene rings is 1. The Labute approximate surface area is 87.4 Å². The number of hydrogen-bond acceptors (Lipinski definition) is 2. The van der Waals surface area contributed by atoms with Crippen molar-refractivity contribution in [3.05, 3.63) is 34.7 Å². The number of aldehydes is 1. The Balaban J connectivity index is 2.48. The van der Waals surface area contributed by atoms with Crippen LogP contribution in [0.25, 0.3) is 10.1 Å². The fourth-order valence-corrected chi connectivity index (χ4v) is 2.48. The maximum atomic E-state index is 10.6. The lowest BCUT2D eigenvalue weighted by Crippen LogP contribution is -1.80. The van der Waals surface area contributed by atoms with Crippen LogP contribution in [0.3, 0.4) is 0 Å². The SMILES string of the molecule is CCCc1ccc2sc(C=O)cc2c1. The topological polar surface area (TPSA) is 17.1 Å². The minimum Gasteiger partial charge on any atom is -0.297 e. The van der Waals surface area contributed by atoms with Crippen molar-refractivity contribution in [3.8, 4) is 0 Å². The van der Waals surface area contributed by atoms with Crippen molar-refractivity contribution in [3.63, 3.8) is 0 Å². The number of fused-ring (bicyclic) bond motifs is 1. The van der Waals surface area contributed by atoms with E-state index in [1.807, 2.05) is 6.07 Å². The van der Waals surface area contributed by atoms with Gasteiger partial charge in [0.15, 0.2) is 6.29 Å². The van der Waals surface area contributed by atoms with E-state index in [0.29, 0.717) is 0 Å². The molecule has 0 saturated carbocycles. The Kier molecular flexibility index (Phi) is 2.64. The fraction of sp³-hybridized carbons (Fsp3) is 0.250. The summed E-state index contributed by atoms with van der Waals surface area (Å²) in [4.78, 5) is 11.4. The summed E-state index contributed by atoms with van der Waals surface area (Å²) in [7, 11) is 0. The molecular weight excluding hydrogens is 192 g/mol. The van der Waals surface area contributed by atoms with Gasteiger partial charge in [0.1, 0.15) is 0 Å². The van der Waals surface area contributed by atoms with Crippen molar-refractivity contribution in [2.24, 2.45) is 0 Å². The number of carbonyl (C=O) groups is 1. The molecule has 0 saturated heterocycles. The third kappa shape index (κ3) is 1.70. The Bertz CT molecular complexity index is 456. The predicted molar refractivity (Wildman–Crippen MR) is 61.2 cm³/mol. The van der Waals surface area contributed by atoms with E-state index in [9.17, 15) is 4.79 Å². The monoisotopic (exact) mass is 204 g/mol. The molecule has 2 heteroatoms. The number of hydrogen-bond donors (Lipinski definition) is 0. The van der Waals surface area contributed by atoms with Crippen LogP contribution in [-0.4, -0.2) is 6.29 Å². The zero-order valence-electron chi connectivity index (χ0n) is 8.12. The van der Waals surface area contributed by atoms with E-state index in [1.165, 1.54) is 15.6 Å². The number of thiophene rings is 1. The average Bonchev–Trinajstić information content (AvgIpc) is 2.60. The maximum Gasteiger partial charge on any atom is 0.160 e. The molecule has 0 bridgehead atoms. The molecule has 14 heavy (non-hydrogen) atoms. The molecule has 1 heterocycles. The highest BCUT2D eigenvalue weighted by Crippen LogP contribution is 2.25. The minimum atomic E-state index is 0.814. The maximum absolute atomic E-state index is 10.6. The summed E-state index contributed by atoms with van der Waals surface area (Å²) in [5, 5.41) is 1.20. The second-order valence-corrected chi connectivity index (χ2v) is 4.50. The van der Waals surface area contributed by atoms with Crippen LogP contribution in [0.5, 0.6) is 0 Å². The van der Waals surface area contributed by atoms with Crippen LogP contribution in [0.4, 0.5) is 0 Å². The molecule has 0 N–H and O–H groups in total. The van der Waals surface area contributed by atoms with Gasteiger partial charge in [-0.1, -0.05) is 25.5 Å². The van der Waals surface area contributed by atoms with Crippen molar-refractivity contribution in [2.45, 2.75) is 19.8 Å². The first kappa shape index (κ1) is 9.41. The number of rotatable bonds is 3. The van der Waals surface area contributed by atoms with Gasteiger partial charge in [0.2, 0.25) is 0 Å². The van der Waals surface area contributed by atoms with Gasteiger partial charge in [0.25, 0.3) is 0 Å². The van der Waals surface area contributed by atoms with E-state index in [-0.39, 0.29) is 0 Å². The van der Waals surface area contributed by atoms with Crippen LogP contribution >= 0.6 is 11.3 Å². The molecule has 2 rings (SSSR count). The molecule has 0 aliphatic carbocycles. The predicted octanol–water partition coefficient (Wildman–Crippen LogP) is 3.67. The van der Waals surface area contributed by atoms with E-state index < -0.39 is 0 Å². The molecule has 0 aliphatic heterocycles. The summed E-state index contributed by atoms with van der Waals surface area (Å²) >= 11 is 1.56. The van der Waals surface area contributed by atoms with Crippen molar-refractivity contribution >= 4 is 27.7 Å². The second kappa shape index (κ2) is 3.93. The summed E-state index contributed by atoms with van der Waals surface area (Å²) in [5.41, 5.74) is 1.36. The molecule has 1 nitrogen and oxygen atoms in total. The Morgan fingerprint density at radius 3 is 2.93 bits per heavy atom. The van der Waals surface area contributed by atoms with E-state index >= 15 is 0 Å². The highest BCUT2D eigenvalue weighted by atomic mass is 32.1. The lowest BCUT2D eigenvalue weighted by Gasteiger charge is -1.97. The smallest absolute Gasteiger partial charge is 0.160 e. The lowest BCUT2D eigenvalue weighted by molar-refractivity contribution is 0.112. The van der Waals surface area contributed by atoms with E-state index in [1.54, 1.807) is 11.3 Å². The normalized spacial score (nSPS) is 10.6. The second-order valence-electron chi connectivity index (χ2n) is 3.39. The van der Waals surface area contributed by atoms with E-state index in [2.05, 4.69) is 25.1 Å². The molecule has 0 aliphatic rings. The third-order valence-corrected chi connectivity index (χ3v) is 3.30. The molecule has 0 radical (unpaired) electrons. The third-order valence-electron chi connectivity index (χ3n) is 2.25. The molecule has 1 aromatic carbocycles. The van der Waals surface area contributed by atoms with Crippen LogP contribution in [0.2, 0.25) is 0 Å². The molecular formula is C12H12OS. The van der Waals surface area contributed by atoms with Crippen LogP contribution in [-0.2, 0) is 6.42 Å². The zero-order chi connectivity index (χ0) is 9.97. The van der Waals surface area contributed by atoms with E-state index in [0.717, 1.165) is 24.0 Å². The van der Waals surface area contributed by atoms with Gasteiger partial charge in [-0.3, -0.25) is 4.79 Å². The van der Waals surface area contributed by atoms with Crippen LogP contribution in [0.15, 0.2) is 24.3 Å². The summed E-state index contributed by atoms with van der Waals surface area (Å²) in [6.07, 6.45) is 3.20. The lowest BCUT2D eigenvalue weighted by atomic mass is 10.1. The molecule has 72 valence electrons. The number of carbonyl (C=O) groups excluding carboxylic acids is 1. The van der Waals surface area contributed by atoms with E-state index in [4.69, 9.17) is 0 Å². The van der Waals surface area contributed by atoms with Crippen molar-refractivity contribution < 1.29 is 4.79 Å². The first-order valence-electron chi connectivity index (χ1n) is 4.81. The van der Waals surface area contributed by atoms with Crippen molar-refractivity contribution in [1.82, 2.24) is 0 Å². The van der Waals surface area contributed by atoms with Gasteiger partial charge >= 0.3 is 0 Å². The molecule has 0 unspecified atom stereocenters. The van der Waals surface area contributed by atoms with Crippen LogP contribution in [0.1, 0.15) is 28.6 Å². The quantitative estimate of drug-likeness (QED) is 0.697. The highest BCUT2D eigenvalue weighted by molar-refractivity contribution is 7.20. The highest BCUT2D eigenvalue weighted by Gasteiger charge is 2.01. The molecule has 2 aromatic rings. The summed E-state index contributed by atoms with van der Waals surface area (Å²) in [6.45, 7) is 2.18. The van der Waals surface area contributed by atoms with Crippen LogP contribution < -0.4 is 0 Å².